The number of aryl methyl sites for hydroxylation is 1. The number of nitrogens with zero attached hydrogens (tertiary/aromatic N) is 4. The Hall–Kier alpha value is -1.21. The molecular weight excluding hydrogens is 266 g/mol. The van der Waals surface area contributed by atoms with E-state index in [0.717, 1.165) is 40.4 Å². The molecule has 0 aliphatic rings. The van der Waals surface area contributed by atoms with Crippen LogP contribution in [0, 0.1) is 0 Å². The van der Waals surface area contributed by atoms with Gasteiger partial charge < -0.3 is 5.32 Å². The Labute approximate surface area is 115 Å². The summed E-state index contributed by atoms with van der Waals surface area (Å²) in [6, 6.07) is 1.95. The minimum atomic E-state index is 0.853. The maximum Gasteiger partial charge on any atom is 0.175 e. The van der Waals surface area contributed by atoms with E-state index in [9.17, 15) is 0 Å². The van der Waals surface area contributed by atoms with Gasteiger partial charge in [-0.2, -0.15) is 4.37 Å². The fourth-order valence-electron chi connectivity index (χ4n) is 1.43. The molecule has 0 fully saturated rings. The molecule has 0 radical (unpaired) electrons. The number of hydrogen-bond donors (Lipinski definition) is 1. The van der Waals surface area contributed by atoms with E-state index in [1.807, 2.05) is 6.07 Å². The predicted molar refractivity (Wildman–Crippen MR) is 74.2 cm³/mol. The van der Waals surface area contributed by atoms with Crippen molar-refractivity contribution in [3.63, 3.8) is 0 Å². The number of rotatable bonds is 6. The third kappa shape index (κ3) is 3.64. The lowest BCUT2D eigenvalue weighted by Gasteiger charge is -2.07. The molecule has 0 saturated carbocycles. The van der Waals surface area contributed by atoms with Gasteiger partial charge in [0.1, 0.15) is 23.0 Å². The maximum absolute atomic E-state index is 4.53. The Kier molecular flexibility index (Phi) is 4.89. The van der Waals surface area contributed by atoms with Gasteiger partial charge in [0, 0.05) is 19.0 Å². The van der Waals surface area contributed by atoms with Crippen LogP contribution in [0.2, 0.25) is 0 Å². The van der Waals surface area contributed by atoms with Crippen molar-refractivity contribution >= 4 is 29.1 Å². The standard InChI is InChI=1S/C11H15N5S2/c1-3-5-8-15-9(12-4-2)6-10(16-8)17-11-13-7-14-18-11/h6-7H,3-5H2,1-2H3,(H,12,15,16). The van der Waals surface area contributed by atoms with Crippen LogP contribution in [0.4, 0.5) is 5.82 Å². The molecular formula is C11H15N5S2. The van der Waals surface area contributed by atoms with Gasteiger partial charge >= 0.3 is 0 Å². The van der Waals surface area contributed by atoms with Crippen LogP contribution >= 0.6 is 23.3 Å². The molecule has 18 heavy (non-hydrogen) atoms. The summed E-state index contributed by atoms with van der Waals surface area (Å²) < 4.78 is 4.89. The first-order valence-corrected chi connectivity index (χ1v) is 7.47. The van der Waals surface area contributed by atoms with Gasteiger partial charge in [0.05, 0.1) is 0 Å². The van der Waals surface area contributed by atoms with Crippen molar-refractivity contribution in [2.24, 2.45) is 0 Å². The average molecular weight is 281 g/mol. The summed E-state index contributed by atoms with van der Waals surface area (Å²) in [7, 11) is 0. The third-order valence-electron chi connectivity index (χ3n) is 2.11. The van der Waals surface area contributed by atoms with E-state index >= 15 is 0 Å². The highest BCUT2D eigenvalue weighted by Crippen LogP contribution is 2.27. The van der Waals surface area contributed by atoms with E-state index in [-0.39, 0.29) is 0 Å². The summed E-state index contributed by atoms with van der Waals surface area (Å²) in [5.74, 6) is 1.76. The molecule has 96 valence electrons. The molecule has 2 aromatic rings. The molecule has 2 rings (SSSR count). The SMILES string of the molecule is CCCc1nc(NCC)cc(Sc2ncns2)n1. The maximum atomic E-state index is 4.53. The molecule has 0 aliphatic heterocycles. The van der Waals surface area contributed by atoms with Gasteiger partial charge in [0.15, 0.2) is 4.34 Å². The van der Waals surface area contributed by atoms with E-state index in [0.29, 0.717) is 0 Å². The van der Waals surface area contributed by atoms with E-state index in [1.54, 1.807) is 6.33 Å². The van der Waals surface area contributed by atoms with Crippen LogP contribution in [-0.4, -0.2) is 25.9 Å². The molecule has 0 bridgehead atoms. The highest BCUT2D eigenvalue weighted by Gasteiger charge is 2.07. The highest BCUT2D eigenvalue weighted by atomic mass is 32.2. The minimum absolute atomic E-state index is 0.853. The van der Waals surface area contributed by atoms with Gasteiger partial charge in [0.25, 0.3) is 0 Å². The van der Waals surface area contributed by atoms with Crippen LogP contribution in [-0.2, 0) is 6.42 Å². The van der Waals surface area contributed by atoms with Gasteiger partial charge in [-0.15, -0.1) is 0 Å². The zero-order chi connectivity index (χ0) is 12.8. The molecule has 0 spiro atoms. The topological polar surface area (TPSA) is 63.6 Å². The smallest absolute Gasteiger partial charge is 0.175 e. The fraction of sp³-hybridized carbons (Fsp3) is 0.455. The van der Waals surface area contributed by atoms with E-state index in [2.05, 4.69) is 38.5 Å². The molecule has 7 heteroatoms. The molecule has 0 aromatic carbocycles. The first kappa shape index (κ1) is 13.2. The molecule has 5 nitrogen and oxygen atoms in total. The predicted octanol–water partition coefficient (Wildman–Crippen LogP) is 2.86. The van der Waals surface area contributed by atoms with Crippen molar-refractivity contribution in [3.8, 4) is 0 Å². The van der Waals surface area contributed by atoms with Crippen molar-refractivity contribution < 1.29 is 0 Å². The van der Waals surface area contributed by atoms with Gasteiger partial charge in [0.2, 0.25) is 0 Å². The average Bonchev–Trinajstić information content (AvgIpc) is 2.82. The first-order chi connectivity index (χ1) is 8.81. The summed E-state index contributed by atoms with van der Waals surface area (Å²) in [6.07, 6.45) is 3.49. The third-order valence-corrected chi connectivity index (χ3v) is 3.75. The quantitative estimate of drug-likeness (QED) is 0.821. The Bertz CT molecular complexity index is 462. The molecule has 2 heterocycles. The molecule has 2 aromatic heterocycles. The van der Waals surface area contributed by atoms with E-state index in [4.69, 9.17) is 0 Å². The summed E-state index contributed by atoms with van der Waals surface area (Å²) in [5.41, 5.74) is 0. The number of hydrogen-bond acceptors (Lipinski definition) is 7. The van der Waals surface area contributed by atoms with Crippen LogP contribution in [0.25, 0.3) is 0 Å². The molecule has 0 atom stereocenters. The molecule has 0 amide bonds. The van der Waals surface area contributed by atoms with Gasteiger partial charge in [-0.3, -0.25) is 0 Å². The second-order valence-corrected chi connectivity index (χ2v) is 5.64. The fourth-order valence-corrected chi connectivity index (χ4v) is 2.84. The second-order valence-electron chi connectivity index (χ2n) is 3.60. The van der Waals surface area contributed by atoms with Crippen LogP contribution in [0.3, 0.4) is 0 Å². The van der Waals surface area contributed by atoms with Crippen LogP contribution < -0.4 is 5.32 Å². The highest BCUT2D eigenvalue weighted by molar-refractivity contribution is 8.00. The van der Waals surface area contributed by atoms with Crippen molar-refractivity contribution in [3.05, 3.63) is 18.2 Å². The number of nitrogens with one attached hydrogen (secondary N) is 1. The van der Waals surface area contributed by atoms with Crippen LogP contribution in [0.15, 0.2) is 21.8 Å². The van der Waals surface area contributed by atoms with Gasteiger partial charge in [-0.1, -0.05) is 6.92 Å². The van der Waals surface area contributed by atoms with E-state index < -0.39 is 0 Å². The number of aromatic nitrogens is 4. The monoisotopic (exact) mass is 281 g/mol. The summed E-state index contributed by atoms with van der Waals surface area (Å²) >= 11 is 2.91. The Morgan fingerprint density at radius 1 is 1.33 bits per heavy atom. The summed E-state index contributed by atoms with van der Waals surface area (Å²) in [5, 5.41) is 4.15. The van der Waals surface area contributed by atoms with Gasteiger partial charge in [-0.05, 0) is 36.6 Å². The lowest BCUT2D eigenvalue weighted by Crippen LogP contribution is -2.04. The first-order valence-electron chi connectivity index (χ1n) is 5.88. The van der Waals surface area contributed by atoms with Crippen molar-refractivity contribution in [2.75, 3.05) is 11.9 Å². The van der Waals surface area contributed by atoms with Crippen molar-refractivity contribution in [1.82, 2.24) is 19.3 Å². The lowest BCUT2D eigenvalue weighted by molar-refractivity contribution is 0.810. The second kappa shape index (κ2) is 6.65. The number of anilines is 1. The largest absolute Gasteiger partial charge is 0.370 e. The molecule has 1 N–H and O–H groups in total. The Morgan fingerprint density at radius 2 is 2.22 bits per heavy atom. The van der Waals surface area contributed by atoms with Crippen LogP contribution in [0.5, 0.6) is 0 Å². The van der Waals surface area contributed by atoms with E-state index in [1.165, 1.54) is 23.3 Å². The minimum Gasteiger partial charge on any atom is -0.370 e. The normalized spacial score (nSPS) is 10.6. The van der Waals surface area contributed by atoms with Gasteiger partial charge in [-0.25, -0.2) is 15.0 Å². The molecule has 0 aliphatic carbocycles. The Balaban J connectivity index is 2.21. The zero-order valence-corrected chi connectivity index (χ0v) is 12.0. The van der Waals surface area contributed by atoms with Crippen molar-refractivity contribution in [2.45, 2.75) is 36.1 Å². The molecule has 0 unspecified atom stereocenters. The zero-order valence-electron chi connectivity index (χ0n) is 10.4. The molecule has 0 saturated heterocycles. The lowest BCUT2D eigenvalue weighted by atomic mass is 10.3. The summed E-state index contributed by atoms with van der Waals surface area (Å²) in [4.78, 5) is 13.2. The van der Waals surface area contributed by atoms with Crippen LogP contribution in [0.1, 0.15) is 26.1 Å². The Morgan fingerprint density at radius 3 is 2.89 bits per heavy atom. The summed E-state index contributed by atoms with van der Waals surface area (Å²) in [6.45, 7) is 5.03. The van der Waals surface area contributed by atoms with Crippen molar-refractivity contribution in [1.29, 1.82) is 0 Å².